The molecule has 0 spiro atoms. The predicted octanol–water partition coefficient (Wildman–Crippen LogP) is 2.62. The molecular formula is C11H14ClNO2. The summed E-state index contributed by atoms with van der Waals surface area (Å²) in [5, 5.41) is 3.53. The first-order valence-corrected chi connectivity index (χ1v) is 5.17. The number of nitrogens with one attached hydrogen (secondary N) is 1. The van der Waals surface area contributed by atoms with Crippen LogP contribution < -0.4 is 5.32 Å². The van der Waals surface area contributed by atoms with Crippen molar-refractivity contribution in [2.45, 2.75) is 13.8 Å². The number of esters is 1. The molecular weight excluding hydrogens is 214 g/mol. The van der Waals surface area contributed by atoms with Gasteiger partial charge in [0.15, 0.2) is 0 Å². The minimum absolute atomic E-state index is 0.136. The third-order valence-electron chi connectivity index (χ3n) is 1.85. The monoisotopic (exact) mass is 227 g/mol. The van der Waals surface area contributed by atoms with Crippen LogP contribution in [0.15, 0.2) is 18.2 Å². The summed E-state index contributed by atoms with van der Waals surface area (Å²) < 4.78 is 4.78. The number of carbonyl (C=O) groups is 1. The maximum Gasteiger partial charge on any atom is 0.325 e. The van der Waals surface area contributed by atoms with Gasteiger partial charge in [-0.1, -0.05) is 17.7 Å². The van der Waals surface area contributed by atoms with E-state index in [0.29, 0.717) is 11.6 Å². The molecule has 0 aliphatic rings. The molecule has 1 aromatic rings. The van der Waals surface area contributed by atoms with Crippen LogP contribution in [-0.4, -0.2) is 19.1 Å². The lowest BCUT2D eigenvalue weighted by Crippen LogP contribution is -2.16. The van der Waals surface area contributed by atoms with Crippen LogP contribution in [0.2, 0.25) is 5.02 Å². The summed E-state index contributed by atoms with van der Waals surface area (Å²) in [6.45, 7) is 4.26. The fourth-order valence-corrected chi connectivity index (χ4v) is 1.44. The number of hydrogen-bond acceptors (Lipinski definition) is 3. The Bertz CT molecular complexity index is 352. The molecule has 0 saturated carbocycles. The topological polar surface area (TPSA) is 38.3 Å². The Morgan fingerprint density at radius 3 is 2.87 bits per heavy atom. The van der Waals surface area contributed by atoms with Crippen molar-refractivity contribution in [2.24, 2.45) is 0 Å². The van der Waals surface area contributed by atoms with Gasteiger partial charge < -0.3 is 10.1 Å². The van der Waals surface area contributed by atoms with Gasteiger partial charge in [0.1, 0.15) is 6.54 Å². The Morgan fingerprint density at radius 2 is 2.27 bits per heavy atom. The molecule has 0 amide bonds. The van der Waals surface area contributed by atoms with Crippen LogP contribution in [0, 0.1) is 6.92 Å². The van der Waals surface area contributed by atoms with Gasteiger partial charge in [-0.2, -0.15) is 0 Å². The van der Waals surface area contributed by atoms with Gasteiger partial charge in [-0.05, 0) is 31.5 Å². The van der Waals surface area contributed by atoms with Crippen molar-refractivity contribution in [1.29, 1.82) is 0 Å². The minimum atomic E-state index is -0.283. The number of anilines is 1. The first-order valence-electron chi connectivity index (χ1n) is 4.79. The van der Waals surface area contributed by atoms with Crippen molar-refractivity contribution in [3.8, 4) is 0 Å². The maximum absolute atomic E-state index is 11.1. The molecule has 0 radical (unpaired) electrons. The molecule has 0 atom stereocenters. The molecule has 0 aromatic heterocycles. The van der Waals surface area contributed by atoms with E-state index < -0.39 is 0 Å². The Hall–Kier alpha value is -1.22. The summed E-state index contributed by atoms with van der Waals surface area (Å²) >= 11 is 5.98. The zero-order valence-corrected chi connectivity index (χ0v) is 9.60. The van der Waals surface area contributed by atoms with E-state index >= 15 is 0 Å². The van der Waals surface area contributed by atoms with Crippen molar-refractivity contribution < 1.29 is 9.53 Å². The molecule has 82 valence electrons. The molecule has 0 saturated heterocycles. The van der Waals surface area contributed by atoms with Crippen LogP contribution in [0.25, 0.3) is 0 Å². The summed E-state index contributed by atoms with van der Waals surface area (Å²) in [5.74, 6) is -0.283. The molecule has 0 fully saturated rings. The van der Waals surface area contributed by atoms with E-state index in [2.05, 4.69) is 5.32 Å². The molecule has 0 aliphatic heterocycles. The number of hydrogen-bond donors (Lipinski definition) is 1. The second-order valence-corrected chi connectivity index (χ2v) is 3.55. The van der Waals surface area contributed by atoms with E-state index in [9.17, 15) is 4.79 Å². The largest absolute Gasteiger partial charge is 0.465 e. The Balaban J connectivity index is 2.54. The van der Waals surface area contributed by atoms with Crippen molar-refractivity contribution in [3.05, 3.63) is 28.8 Å². The van der Waals surface area contributed by atoms with Crippen LogP contribution in [0.4, 0.5) is 5.69 Å². The summed E-state index contributed by atoms with van der Waals surface area (Å²) in [5.41, 5.74) is 1.83. The van der Waals surface area contributed by atoms with Gasteiger partial charge in [-0.25, -0.2) is 0 Å². The standard InChI is InChI=1S/C11H14ClNO2/c1-3-15-11(14)7-13-10-5-4-8(2)6-9(10)12/h4-6,13H,3,7H2,1-2H3. The Labute approximate surface area is 94.4 Å². The van der Waals surface area contributed by atoms with Gasteiger partial charge in [0, 0.05) is 0 Å². The zero-order valence-electron chi connectivity index (χ0n) is 8.84. The first-order chi connectivity index (χ1) is 7.13. The van der Waals surface area contributed by atoms with E-state index in [1.54, 1.807) is 6.92 Å². The number of carbonyl (C=O) groups excluding carboxylic acids is 1. The van der Waals surface area contributed by atoms with E-state index in [4.69, 9.17) is 16.3 Å². The highest BCUT2D eigenvalue weighted by Crippen LogP contribution is 2.22. The van der Waals surface area contributed by atoms with Crippen LogP contribution >= 0.6 is 11.6 Å². The molecule has 15 heavy (non-hydrogen) atoms. The first kappa shape index (κ1) is 11.9. The highest BCUT2D eigenvalue weighted by atomic mass is 35.5. The number of halogens is 1. The second kappa shape index (κ2) is 5.61. The molecule has 0 bridgehead atoms. The average Bonchev–Trinajstić information content (AvgIpc) is 2.17. The van der Waals surface area contributed by atoms with Gasteiger partial charge >= 0.3 is 5.97 Å². The molecule has 4 heteroatoms. The third kappa shape index (κ3) is 3.80. The van der Waals surface area contributed by atoms with E-state index in [1.165, 1.54) is 0 Å². The van der Waals surface area contributed by atoms with Gasteiger partial charge in [0.2, 0.25) is 0 Å². The van der Waals surface area contributed by atoms with Crippen molar-refractivity contribution in [2.75, 3.05) is 18.5 Å². The van der Waals surface area contributed by atoms with Crippen molar-refractivity contribution in [3.63, 3.8) is 0 Å². The second-order valence-electron chi connectivity index (χ2n) is 3.14. The van der Waals surface area contributed by atoms with Crippen LogP contribution in [0.3, 0.4) is 0 Å². The quantitative estimate of drug-likeness (QED) is 0.804. The normalized spacial score (nSPS) is 9.80. The summed E-state index contributed by atoms with van der Waals surface area (Å²) in [6.07, 6.45) is 0. The van der Waals surface area contributed by atoms with Crippen LogP contribution in [0.5, 0.6) is 0 Å². The van der Waals surface area contributed by atoms with Gasteiger partial charge in [0.05, 0.1) is 17.3 Å². The molecule has 0 aliphatic carbocycles. The predicted molar refractivity (Wildman–Crippen MR) is 61.3 cm³/mol. The summed E-state index contributed by atoms with van der Waals surface area (Å²) in [6, 6.07) is 5.62. The maximum atomic E-state index is 11.1. The fourth-order valence-electron chi connectivity index (χ4n) is 1.14. The summed E-state index contributed by atoms with van der Waals surface area (Å²) in [7, 11) is 0. The third-order valence-corrected chi connectivity index (χ3v) is 2.17. The van der Waals surface area contributed by atoms with E-state index in [-0.39, 0.29) is 12.5 Å². The zero-order chi connectivity index (χ0) is 11.3. The number of ether oxygens (including phenoxy) is 1. The number of benzene rings is 1. The lowest BCUT2D eigenvalue weighted by molar-refractivity contribution is -0.140. The number of aryl methyl sites for hydroxylation is 1. The highest BCUT2D eigenvalue weighted by molar-refractivity contribution is 6.33. The Kier molecular flexibility index (Phi) is 4.43. The Morgan fingerprint density at radius 1 is 1.53 bits per heavy atom. The molecule has 1 rings (SSSR count). The number of rotatable bonds is 4. The lowest BCUT2D eigenvalue weighted by atomic mass is 10.2. The van der Waals surface area contributed by atoms with Gasteiger partial charge in [-0.3, -0.25) is 4.79 Å². The molecule has 1 aromatic carbocycles. The van der Waals surface area contributed by atoms with Gasteiger partial charge in [0.25, 0.3) is 0 Å². The van der Waals surface area contributed by atoms with Crippen molar-refractivity contribution >= 4 is 23.3 Å². The summed E-state index contributed by atoms with van der Waals surface area (Å²) in [4.78, 5) is 11.1. The molecule has 0 unspecified atom stereocenters. The minimum Gasteiger partial charge on any atom is -0.465 e. The average molecular weight is 228 g/mol. The van der Waals surface area contributed by atoms with Gasteiger partial charge in [-0.15, -0.1) is 0 Å². The molecule has 0 heterocycles. The smallest absolute Gasteiger partial charge is 0.325 e. The molecule has 3 nitrogen and oxygen atoms in total. The van der Waals surface area contributed by atoms with E-state index in [0.717, 1.165) is 11.3 Å². The lowest BCUT2D eigenvalue weighted by Gasteiger charge is -2.08. The molecule has 1 N–H and O–H groups in total. The fraction of sp³-hybridized carbons (Fsp3) is 0.364. The van der Waals surface area contributed by atoms with Crippen LogP contribution in [0.1, 0.15) is 12.5 Å². The van der Waals surface area contributed by atoms with Crippen molar-refractivity contribution in [1.82, 2.24) is 0 Å². The SMILES string of the molecule is CCOC(=O)CNc1ccc(C)cc1Cl. The highest BCUT2D eigenvalue weighted by Gasteiger charge is 2.03. The van der Waals surface area contributed by atoms with Crippen LogP contribution in [-0.2, 0) is 9.53 Å². The van der Waals surface area contributed by atoms with E-state index in [1.807, 2.05) is 25.1 Å².